The Kier molecular flexibility index (Phi) is 5.51. The molecule has 0 unspecified atom stereocenters. The Morgan fingerprint density at radius 2 is 2.00 bits per heavy atom. The second-order valence-corrected chi connectivity index (χ2v) is 3.46. The zero-order valence-corrected chi connectivity index (χ0v) is 9.18. The van der Waals surface area contributed by atoms with Gasteiger partial charge in [0, 0.05) is 12.6 Å². The maximum absolute atomic E-state index is 5.16. The van der Waals surface area contributed by atoms with Crippen LogP contribution in [0.2, 0.25) is 0 Å². The molecule has 0 aromatic heterocycles. The second kappa shape index (κ2) is 5.55. The third-order valence-corrected chi connectivity index (χ3v) is 2.59. The summed E-state index contributed by atoms with van der Waals surface area (Å²) in [5, 5.41) is 0. The molecule has 74 valence electrons. The van der Waals surface area contributed by atoms with E-state index in [2.05, 4.69) is 18.9 Å². The van der Waals surface area contributed by atoms with Crippen LogP contribution in [0.15, 0.2) is 0 Å². The monoisotopic (exact) mass is 173 g/mol. The molecule has 0 aromatic carbocycles. The number of nitrogens with zero attached hydrogens (tertiary/aromatic N) is 1. The molecular weight excluding hydrogens is 150 g/mol. The first-order valence-corrected chi connectivity index (χ1v) is 4.89. The molecule has 0 radical (unpaired) electrons. The molecule has 0 aromatic rings. The Bertz CT molecular complexity index is 116. The van der Waals surface area contributed by atoms with Gasteiger partial charge >= 0.3 is 0 Å². The van der Waals surface area contributed by atoms with E-state index in [0.29, 0.717) is 5.54 Å². The maximum atomic E-state index is 5.16. The average molecular weight is 173 g/mol. The van der Waals surface area contributed by atoms with Gasteiger partial charge in [0.15, 0.2) is 0 Å². The van der Waals surface area contributed by atoms with Gasteiger partial charge in [-0.15, -0.1) is 0 Å². The molecule has 0 bridgehead atoms. The minimum atomic E-state index is 0.314. The minimum Gasteiger partial charge on any atom is -0.383 e. The van der Waals surface area contributed by atoms with Crippen LogP contribution in [-0.2, 0) is 4.74 Å². The summed E-state index contributed by atoms with van der Waals surface area (Å²) < 4.78 is 5.16. The fourth-order valence-electron chi connectivity index (χ4n) is 1.65. The molecule has 0 spiro atoms. The molecule has 1 aliphatic heterocycles. The van der Waals surface area contributed by atoms with Crippen LogP contribution >= 0.6 is 0 Å². The van der Waals surface area contributed by atoms with Crippen molar-refractivity contribution in [1.29, 1.82) is 0 Å². The third-order valence-electron chi connectivity index (χ3n) is 2.59. The molecule has 1 aliphatic rings. The molecule has 0 amide bonds. The highest BCUT2D eigenvalue weighted by atomic mass is 16.5. The molecule has 1 rings (SSSR count). The highest BCUT2D eigenvalue weighted by Crippen LogP contribution is 2.26. The number of likely N-dealkylation sites (N-methyl/N-ethyl adjacent to an activating group) is 1. The SMILES string of the molecule is CC.COC[C@]1(C)CCCN1C. The molecular formula is C10H23NO. The van der Waals surface area contributed by atoms with Crippen LogP contribution in [0, 0.1) is 0 Å². The van der Waals surface area contributed by atoms with Gasteiger partial charge in [-0.25, -0.2) is 0 Å². The fourth-order valence-corrected chi connectivity index (χ4v) is 1.65. The van der Waals surface area contributed by atoms with Crippen LogP contribution in [0.3, 0.4) is 0 Å². The summed E-state index contributed by atoms with van der Waals surface area (Å²) >= 11 is 0. The van der Waals surface area contributed by atoms with E-state index in [4.69, 9.17) is 4.74 Å². The van der Waals surface area contributed by atoms with E-state index < -0.39 is 0 Å². The topological polar surface area (TPSA) is 12.5 Å². The lowest BCUT2D eigenvalue weighted by atomic mass is 10.0. The van der Waals surface area contributed by atoms with Gasteiger partial charge in [-0.2, -0.15) is 0 Å². The molecule has 1 saturated heterocycles. The number of methoxy groups -OCH3 is 1. The smallest absolute Gasteiger partial charge is 0.0643 e. The van der Waals surface area contributed by atoms with Gasteiger partial charge in [-0.1, -0.05) is 13.8 Å². The molecule has 1 heterocycles. The summed E-state index contributed by atoms with van der Waals surface area (Å²) in [6, 6.07) is 0. The number of hydrogen-bond acceptors (Lipinski definition) is 2. The Labute approximate surface area is 76.9 Å². The van der Waals surface area contributed by atoms with E-state index in [1.165, 1.54) is 19.4 Å². The largest absolute Gasteiger partial charge is 0.383 e. The maximum Gasteiger partial charge on any atom is 0.0643 e. The summed E-state index contributed by atoms with van der Waals surface area (Å²) in [6.07, 6.45) is 2.59. The van der Waals surface area contributed by atoms with E-state index in [-0.39, 0.29) is 0 Å². The first kappa shape index (κ1) is 11.9. The lowest BCUT2D eigenvalue weighted by Gasteiger charge is -2.31. The zero-order valence-electron chi connectivity index (χ0n) is 9.18. The molecule has 1 atom stereocenters. The van der Waals surface area contributed by atoms with E-state index in [1.54, 1.807) is 7.11 Å². The van der Waals surface area contributed by atoms with Gasteiger partial charge in [0.2, 0.25) is 0 Å². The molecule has 1 fully saturated rings. The van der Waals surface area contributed by atoms with Crippen LogP contribution in [0.1, 0.15) is 33.6 Å². The van der Waals surface area contributed by atoms with Crippen LogP contribution in [0.4, 0.5) is 0 Å². The molecule has 0 aliphatic carbocycles. The van der Waals surface area contributed by atoms with Crippen molar-refractivity contribution < 1.29 is 4.74 Å². The quantitative estimate of drug-likeness (QED) is 0.634. The Balaban J connectivity index is 0.000000561. The van der Waals surface area contributed by atoms with Gasteiger partial charge in [0.1, 0.15) is 0 Å². The summed E-state index contributed by atoms with van der Waals surface area (Å²) in [6.45, 7) is 8.35. The van der Waals surface area contributed by atoms with E-state index in [1.807, 2.05) is 13.8 Å². The molecule has 0 N–H and O–H groups in total. The van der Waals surface area contributed by atoms with Gasteiger partial charge in [0.25, 0.3) is 0 Å². The molecule has 2 nitrogen and oxygen atoms in total. The van der Waals surface area contributed by atoms with Crippen molar-refractivity contribution in [2.24, 2.45) is 0 Å². The normalized spacial score (nSPS) is 29.8. The van der Waals surface area contributed by atoms with Crippen molar-refractivity contribution in [3.8, 4) is 0 Å². The van der Waals surface area contributed by atoms with Crippen LogP contribution in [0.25, 0.3) is 0 Å². The van der Waals surface area contributed by atoms with Gasteiger partial charge in [-0.05, 0) is 33.4 Å². The highest BCUT2D eigenvalue weighted by Gasteiger charge is 2.33. The van der Waals surface area contributed by atoms with Crippen molar-refractivity contribution >= 4 is 0 Å². The summed E-state index contributed by atoms with van der Waals surface area (Å²) in [5.74, 6) is 0. The number of likely N-dealkylation sites (tertiary alicyclic amines) is 1. The number of ether oxygens (including phenoxy) is 1. The number of hydrogen-bond donors (Lipinski definition) is 0. The zero-order chi connectivity index (χ0) is 9.61. The Hall–Kier alpha value is -0.0800. The van der Waals surface area contributed by atoms with Gasteiger partial charge in [-0.3, -0.25) is 4.90 Å². The van der Waals surface area contributed by atoms with E-state index in [9.17, 15) is 0 Å². The number of rotatable bonds is 2. The van der Waals surface area contributed by atoms with Crippen molar-refractivity contribution in [3.05, 3.63) is 0 Å². The average Bonchev–Trinajstić information content (AvgIpc) is 2.37. The van der Waals surface area contributed by atoms with Crippen molar-refractivity contribution in [3.63, 3.8) is 0 Å². The van der Waals surface area contributed by atoms with Crippen molar-refractivity contribution in [2.75, 3.05) is 27.3 Å². The van der Waals surface area contributed by atoms with Crippen LogP contribution < -0.4 is 0 Å². The molecule has 0 saturated carbocycles. The Morgan fingerprint density at radius 3 is 2.33 bits per heavy atom. The summed E-state index contributed by atoms with van der Waals surface area (Å²) in [7, 11) is 3.95. The summed E-state index contributed by atoms with van der Waals surface area (Å²) in [4.78, 5) is 2.39. The molecule has 2 heteroatoms. The second-order valence-electron chi connectivity index (χ2n) is 3.46. The van der Waals surface area contributed by atoms with Crippen LogP contribution in [-0.4, -0.2) is 37.7 Å². The van der Waals surface area contributed by atoms with E-state index >= 15 is 0 Å². The van der Waals surface area contributed by atoms with Gasteiger partial charge in [0.05, 0.1) is 6.61 Å². The van der Waals surface area contributed by atoms with Crippen LogP contribution in [0.5, 0.6) is 0 Å². The molecule has 12 heavy (non-hydrogen) atoms. The predicted octanol–water partition coefficient (Wildman–Crippen LogP) is 2.14. The highest BCUT2D eigenvalue weighted by molar-refractivity contribution is 4.89. The third kappa shape index (κ3) is 2.76. The lowest BCUT2D eigenvalue weighted by molar-refractivity contribution is 0.0659. The summed E-state index contributed by atoms with van der Waals surface area (Å²) in [5.41, 5.74) is 0.314. The predicted molar refractivity (Wildman–Crippen MR) is 53.5 cm³/mol. The Morgan fingerprint density at radius 1 is 1.42 bits per heavy atom. The fraction of sp³-hybridized carbons (Fsp3) is 1.00. The standard InChI is InChI=1S/C8H17NO.C2H6/c1-8(7-10-3)5-4-6-9(8)2;1-2/h4-7H2,1-3H3;1-2H3/t8-;/m0./s1. The van der Waals surface area contributed by atoms with E-state index in [0.717, 1.165) is 6.61 Å². The van der Waals surface area contributed by atoms with Crippen molar-refractivity contribution in [1.82, 2.24) is 4.90 Å². The van der Waals surface area contributed by atoms with Gasteiger partial charge < -0.3 is 4.74 Å². The first-order chi connectivity index (χ1) is 5.69. The first-order valence-electron chi connectivity index (χ1n) is 4.89. The minimum absolute atomic E-state index is 0.314. The van der Waals surface area contributed by atoms with Crippen molar-refractivity contribution in [2.45, 2.75) is 39.2 Å². The lowest BCUT2D eigenvalue weighted by Crippen LogP contribution is -2.42.